The first-order valence-electron chi connectivity index (χ1n) is 5.57. The minimum Gasteiger partial charge on any atom is -0.495 e. The molecule has 1 heterocycles. The summed E-state index contributed by atoms with van der Waals surface area (Å²) in [5.41, 5.74) is 0.710. The molecule has 0 aromatic heterocycles. The van der Waals surface area contributed by atoms with Crippen molar-refractivity contribution in [1.82, 2.24) is 0 Å². The van der Waals surface area contributed by atoms with Crippen LogP contribution >= 0.6 is 11.6 Å². The van der Waals surface area contributed by atoms with Gasteiger partial charge in [-0.25, -0.2) is 4.21 Å². The SMILES string of the molecule is COc1ccc(Cl)c2c1S(=O)c1ccccc1C2=O. The molecule has 5 heteroatoms. The molecule has 1 unspecified atom stereocenters. The van der Waals surface area contributed by atoms with Crippen LogP contribution in [0.4, 0.5) is 0 Å². The fourth-order valence-electron chi connectivity index (χ4n) is 2.16. The van der Waals surface area contributed by atoms with Gasteiger partial charge in [0.25, 0.3) is 0 Å². The van der Waals surface area contributed by atoms with Crippen molar-refractivity contribution >= 4 is 28.2 Å². The highest BCUT2D eigenvalue weighted by atomic mass is 35.5. The fourth-order valence-corrected chi connectivity index (χ4v) is 3.96. The number of methoxy groups -OCH3 is 1. The highest BCUT2D eigenvalue weighted by Gasteiger charge is 2.33. The second-order valence-corrected chi connectivity index (χ2v) is 5.84. The number of carbonyl (C=O) groups is 1. The molecular formula is C14H9ClO3S. The third-order valence-corrected chi connectivity index (χ3v) is 4.88. The van der Waals surface area contributed by atoms with Crippen LogP contribution < -0.4 is 4.74 Å². The van der Waals surface area contributed by atoms with E-state index < -0.39 is 10.8 Å². The molecule has 0 radical (unpaired) electrons. The minimum absolute atomic E-state index is 0.214. The van der Waals surface area contributed by atoms with E-state index in [1.165, 1.54) is 7.11 Å². The van der Waals surface area contributed by atoms with E-state index in [4.69, 9.17) is 16.3 Å². The van der Waals surface area contributed by atoms with Crippen molar-refractivity contribution in [3.63, 3.8) is 0 Å². The van der Waals surface area contributed by atoms with Gasteiger partial charge in [-0.05, 0) is 24.3 Å². The minimum atomic E-state index is -1.46. The molecule has 0 saturated heterocycles. The lowest BCUT2D eigenvalue weighted by molar-refractivity contribution is 0.103. The third-order valence-electron chi connectivity index (χ3n) is 3.03. The standard InChI is InChI=1S/C14H9ClO3S/c1-18-10-7-6-9(15)12-13(16)8-4-2-3-5-11(8)19(17)14(10)12/h2-7H,1H3. The van der Waals surface area contributed by atoms with Crippen LogP contribution in [-0.2, 0) is 10.8 Å². The molecule has 2 aromatic carbocycles. The summed E-state index contributed by atoms with van der Waals surface area (Å²) in [6.45, 7) is 0. The van der Waals surface area contributed by atoms with Crippen molar-refractivity contribution in [1.29, 1.82) is 0 Å². The summed E-state index contributed by atoms with van der Waals surface area (Å²) in [4.78, 5) is 13.3. The molecule has 1 atom stereocenters. The summed E-state index contributed by atoms with van der Waals surface area (Å²) in [6.07, 6.45) is 0. The highest BCUT2D eigenvalue weighted by Crippen LogP contribution is 2.40. The van der Waals surface area contributed by atoms with Crippen LogP contribution in [0.3, 0.4) is 0 Å². The van der Waals surface area contributed by atoms with Crippen molar-refractivity contribution in [2.24, 2.45) is 0 Å². The van der Waals surface area contributed by atoms with Crippen LogP contribution in [0.1, 0.15) is 15.9 Å². The van der Waals surface area contributed by atoms with Gasteiger partial charge in [0.05, 0.1) is 38.3 Å². The number of rotatable bonds is 1. The monoisotopic (exact) mass is 292 g/mol. The molecule has 3 rings (SSSR count). The highest BCUT2D eigenvalue weighted by molar-refractivity contribution is 7.85. The van der Waals surface area contributed by atoms with Crippen molar-refractivity contribution in [2.75, 3.05) is 7.11 Å². The Hall–Kier alpha value is -1.65. The molecule has 0 saturated carbocycles. The van der Waals surface area contributed by atoms with Crippen molar-refractivity contribution in [2.45, 2.75) is 9.79 Å². The first kappa shape index (κ1) is 12.4. The summed E-state index contributed by atoms with van der Waals surface area (Å²) < 4.78 is 17.8. The van der Waals surface area contributed by atoms with E-state index in [-0.39, 0.29) is 11.3 Å². The topological polar surface area (TPSA) is 43.4 Å². The van der Waals surface area contributed by atoms with Gasteiger partial charge in [-0.15, -0.1) is 0 Å². The maximum absolute atomic E-state index is 12.6. The number of hydrogen-bond donors (Lipinski definition) is 0. The van der Waals surface area contributed by atoms with Crippen molar-refractivity contribution < 1.29 is 13.7 Å². The largest absolute Gasteiger partial charge is 0.495 e. The van der Waals surface area contributed by atoms with Gasteiger partial charge in [0.2, 0.25) is 0 Å². The van der Waals surface area contributed by atoms with Gasteiger partial charge >= 0.3 is 0 Å². The van der Waals surface area contributed by atoms with Crippen LogP contribution in [0.15, 0.2) is 46.2 Å². The average molecular weight is 293 g/mol. The van der Waals surface area contributed by atoms with E-state index in [9.17, 15) is 9.00 Å². The molecule has 1 aliphatic rings. The van der Waals surface area contributed by atoms with Gasteiger partial charge in [-0.1, -0.05) is 23.7 Å². The normalized spacial score (nSPS) is 16.7. The number of carbonyl (C=O) groups excluding carboxylic acids is 1. The van der Waals surface area contributed by atoms with E-state index in [2.05, 4.69) is 0 Å². The quantitative estimate of drug-likeness (QED) is 0.692. The Morgan fingerprint density at radius 2 is 1.89 bits per heavy atom. The zero-order valence-corrected chi connectivity index (χ0v) is 11.5. The molecule has 0 fully saturated rings. The van der Waals surface area contributed by atoms with Gasteiger partial charge in [0, 0.05) is 5.56 Å². The number of fused-ring (bicyclic) bond motifs is 2. The second-order valence-electron chi connectivity index (χ2n) is 4.05. The van der Waals surface area contributed by atoms with E-state index in [1.807, 2.05) is 0 Å². The summed E-state index contributed by atoms with van der Waals surface area (Å²) in [5, 5.41) is 0.295. The molecule has 96 valence electrons. The lowest BCUT2D eigenvalue weighted by Gasteiger charge is -2.20. The molecule has 19 heavy (non-hydrogen) atoms. The Morgan fingerprint density at radius 3 is 2.63 bits per heavy atom. The van der Waals surface area contributed by atoms with Crippen molar-refractivity contribution in [3.8, 4) is 5.75 Å². The molecule has 2 aromatic rings. The first-order valence-corrected chi connectivity index (χ1v) is 7.10. The summed E-state index contributed by atoms with van der Waals surface area (Å²) in [6, 6.07) is 10.1. The predicted molar refractivity (Wildman–Crippen MR) is 72.6 cm³/mol. The lowest BCUT2D eigenvalue weighted by atomic mass is 10.0. The summed E-state index contributed by atoms with van der Waals surface area (Å²) in [7, 11) is 0.0151. The predicted octanol–water partition coefficient (Wildman–Crippen LogP) is 3.06. The first-order chi connectivity index (χ1) is 9.15. The zero-order chi connectivity index (χ0) is 13.6. The second kappa shape index (κ2) is 4.47. The van der Waals surface area contributed by atoms with Crippen LogP contribution in [0, 0.1) is 0 Å². The Labute approximate surface area is 117 Å². The Balaban J connectivity index is 2.38. The van der Waals surface area contributed by atoms with Gasteiger partial charge in [0.15, 0.2) is 5.78 Å². The zero-order valence-electron chi connectivity index (χ0n) is 9.98. The van der Waals surface area contributed by atoms with Crippen LogP contribution in [0.25, 0.3) is 0 Å². The van der Waals surface area contributed by atoms with Crippen LogP contribution in [0.2, 0.25) is 5.02 Å². The number of benzene rings is 2. The van der Waals surface area contributed by atoms with Gasteiger partial charge in [-0.3, -0.25) is 4.79 Å². The molecule has 0 bridgehead atoms. The van der Waals surface area contributed by atoms with Gasteiger partial charge in [-0.2, -0.15) is 0 Å². The van der Waals surface area contributed by atoms with E-state index >= 15 is 0 Å². The van der Waals surface area contributed by atoms with Crippen molar-refractivity contribution in [3.05, 3.63) is 52.5 Å². The average Bonchev–Trinajstić information content (AvgIpc) is 2.44. The molecule has 1 aliphatic heterocycles. The molecule has 0 spiro atoms. The third kappa shape index (κ3) is 1.71. The molecule has 3 nitrogen and oxygen atoms in total. The fraction of sp³-hybridized carbons (Fsp3) is 0.0714. The number of ether oxygens (including phenoxy) is 1. The summed E-state index contributed by atoms with van der Waals surface area (Å²) in [5.74, 6) is 0.203. The number of hydrogen-bond acceptors (Lipinski definition) is 3. The molecule has 0 N–H and O–H groups in total. The van der Waals surface area contributed by atoms with Crippen LogP contribution in [-0.4, -0.2) is 17.1 Å². The molecule has 0 amide bonds. The maximum atomic E-state index is 12.6. The van der Waals surface area contributed by atoms with E-state index in [0.29, 0.717) is 26.1 Å². The van der Waals surface area contributed by atoms with Gasteiger partial charge in [0.1, 0.15) is 5.75 Å². The van der Waals surface area contributed by atoms with Gasteiger partial charge < -0.3 is 4.74 Å². The van der Waals surface area contributed by atoms with Crippen LogP contribution in [0.5, 0.6) is 5.75 Å². The smallest absolute Gasteiger partial charge is 0.197 e. The number of ketones is 1. The van der Waals surface area contributed by atoms with E-state index in [0.717, 1.165) is 0 Å². The Morgan fingerprint density at radius 1 is 1.16 bits per heavy atom. The maximum Gasteiger partial charge on any atom is 0.197 e. The summed E-state index contributed by atoms with van der Waals surface area (Å²) >= 11 is 6.09. The Bertz CT molecular complexity index is 725. The lowest BCUT2D eigenvalue weighted by Crippen LogP contribution is -2.17. The molecular weight excluding hydrogens is 284 g/mol. The Kier molecular flexibility index (Phi) is 2.92. The molecule has 0 aliphatic carbocycles. The van der Waals surface area contributed by atoms with E-state index in [1.54, 1.807) is 36.4 Å². The number of halogens is 1.